The molecule has 1 amide bonds. The first-order valence-corrected chi connectivity index (χ1v) is 15.9. The van der Waals surface area contributed by atoms with Crippen LogP contribution in [-0.4, -0.2) is 71.7 Å². The van der Waals surface area contributed by atoms with E-state index in [1.165, 1.54) is 55.6 Å². The van der Waals surface area contributed by atoms with Gasteiger partial charge in [0.15, 0.2) is 0 Å². The third-order valence-corrected chi connectivity index (χ3v) is 9.61. The lowest BCUT2D eigenvalue weighted by Gasteiger charge is -2.40. The molecule has 1 fully saturated rings. The van der Waals surface area contributed by atoms with Crippen LogP contribution in [0.5, 0.6) is 5.75 Å². The summed E-state index contributed by atoms with van der Waals surface area (Å²) in [4.78, 5) is 35.1. The summed E-state index contributed by atoms with van der Waals surface area (Å²) >= 11 is 0. The molecule has 2 N–H and O–H groups in total. The Kier molecular flexibility index (Phi) is 9.55. The van der Waals surface area contributed by atoms with Crippen molar-refractivity contribution in [1.29, 1.82) is 0 Å². The fraction of sp³-hybridized carbons (Fsp3) is 0.290. The number of amides is 1. The van der Waals surface area contributed by atoms with Crippen molar-refractivity contribution in [2.24, 2.45) is 0 Å². The summed E-state index contributed by atoms with van der Waals surface area (Å²) in [7, 11) is -4.46. The van der Waals surface area contributed by atoms with E-state index >= 15 is 0 Å². The number of aromatic nitrogens is 2. The molecule has 1 saturated heterocycles. The molecular formula is C31H28F5N5O6S. The average Bonchev–Trinajstić information content (AvgIpc) is 3.06. The smallest absolute Gasteiger partial charge is 0.478 e. The number of benzene rings is 3. The van der Waals surface area contributed by atoms with Crippen molar-refractivity contribution in [3.8, 4) is 5.75 Å². The van der Waals surface area contributed by atoms with Crippen LogP contribution < -0.4 is 15.0 Å². The number of nitrogens with one attached hydrogen (secondary N) is 1. The number of fused-ring (bicyclic) bond motifs is 1. The van der Waals surface area contributed by atoms with Gasteiger partial charge in [0.05, 0.1) is 27.7 Å². The van der Waals surface area contributed by atoms with Crippen LogP contribution in [0.2, 0.25) is 0 Å². The number of carbonyl (C=O) groups is 2. The summed E-state index contributed by atoms with van der Waals surface area (Å²) in [6.07, 6.45) is -3.99. The Labute approximate surface area is 271 Å². The Morgan fingerprint density at radius 3 is 2.29 bits per heavy atom. The van der Waals surface area contributed by atoms with Crippen molar-refractivity contribution in [2.45, 2.75) is 43.1 Å². The van der Waals surface area contributed by atoms with Gasteiger partial charge in [-0.05, 0) is 48.0 Å². The summed E-state index contributed by atoms with van der Waals surface area (Å²) in [5.41, 5.74) is 0.900. The lowest BCUT2D eigenvalue weighted by molar-refractivity contribution is -0.274. The van der Waals surface area contributed by atoms with E-state index in [1.54, 1.807) is 4.90 Å². The van der Waals surface area contributed by atoms with Gasteiger partial charge in [-0.1, -0.05) is 31.2 Å². The Balaban J connectivity index is 1.42. The summed E-state index contributed by atoms with van der Waals surface area (Å²) in [6.45, 7) is 0.753. The standard InChI is InChI=1S/C31H28F5N5O6S/c1-2-30(32,33)21-6-3-19(4-7-21)16-38-28(42)26-18-40(27-17-37-24-12-5-20(29(43)44)15-25(24)39-27)13-14-41(26)48(45,46)23-10-8-22(9-11-23)47-31(34,35)36/h3-12,15,17,26H,2,13-14,16,18H2,1H3,(H,38,42)(H,43,44). The number of rotatable bonds is 10. The number of piperazine rings is 1. The number of anilines is 1. The first kappa shape index (κ1) is 34.4. The van der Waals surface area contributed by atoms with Crippen molar-refractivity contribution in [2.75, 3.05) is 24.5 Å². The highest BCUT2D eigenvalue weighted by molar-refractivity contribution is 7.89. The number of nitrogens with zero attached hydrogens (tertiary/aromatic N) is 4. The fourth-order valence-corrected chi connectivity index (χ4v) is 6.66. The quantitative estimate of drug-likeness (QED) is 0.221. The van der Waals surface area contributed by atoms with Crippen LogP contribution in [-0.2, 0) is 27.3 Å². The summed E-state index contributed by atoms with van der Waals surface area (Å²) < 4.78 is 98.3. The second kappa shape index (κ2) is 13.3. The van der Waals surface area contributed by atoms with Crippen LogP contribution >= 0.6 is 0 Å². The Hall–Kier alpha value is -4.90. The summed E-state index contributed by atoms with van der Waals surface area (Å²) in [6, 6.07) is 11.7. The predicted molar refractivity (Wildman–Crippen MR) is 162 cm³/mol. The topological polar surface area (TPSA) is 142 Å². The van der Waals surface area contributed by atoms with E-state index in [9.17, 15) is 45.1 Å². The van der Waals surface area contributed by atoms with Crippen LogP contribution in [0.4, 0.5) is 27.8 Å². The molecule has 0 radical (unpaired) electrons. The molecule has 17 heteroatoms. The van der Waals surface area contributed by atoms with Crippen LogP contribution in [0.1, 0.15) is 34.8 Å². The maximum atomic E-state index is 14.1. The number of aromatic carboxylic acids is 1. The number of halogens is 5. The zero-order chi connectivity index (χ0) is 34.9. The van der Waals surface area contributed by atoms with Crippen molar-refractivity contribution in [3.05, 3.63) is 89.6 Å². The van der Waals surface area contributed by atoms with E-state index in [1.807, 2.05) is 0 Å². The molecule has 48 heavy (non-hydrogen) atoms. The lowest BCUT2D eigenvalue weighted by Crippen LogP contribution is -2.60. The Bertz CT molecular complexity index is 1930. The van der Waals surface area contributed by atoms with Gasteiger partial charge in [0.2, 0.25) is 15.9 Å². The van der Waals surface area contributed by atoms with Gasteiger partial charge in [-0.25, -0.2) is 27.0 Å². The maximum Gasteiger partial charge on any atom is 0.573 e. The van der Waals surface area contributed by atoms with Gasteiger partial charge in [0.25, 0.3) is 5.92 Å². The average molecular weight is 694 g/mol. The molecule has 11 nitrogen and oxygen atoms in total. The minimum Gasteiger partial charge on any atom is -0.478 e. The van der Waals surface area contributed by atoms with Gasteiger partial charge >= 0.3 is 12.3 Å². The summed E-state index contributed by atoms with van der Waals surface area (Å²) in [5, 5.41) is 12.0. The van der Waals surface area contributed by atoms with Crippen LogP contribution in [0.3, 0.4) is 0 Å². The Morgan fingerprint density at radius 1 is 0.979 bits per heavy atom. The highest BCUT2D eigenvalue weighted by Gasteiger charge is 2.41. The maximum absolute atomic E-state index is 14.1. The van der Waals surface area contributed by atoms with Crippen LogP contribution in [0, 0.1) is 0 Å². The molecule has 1 aromatic heterocycles. The van der Waals surface area contributed by atoms with E-state index < -0.39 is 52.4 Å². The van der Waals surface area contributed by atoms with Crippen molar-refractivity contribution >= 4 is 38.8 Å². The van der Waals surface area contributed by atoms with Gasteiger partial charge in [-0.15, -0.1) is 13.2 Å². The molecular weight excluding hydrogens is 665 g/mol. The number of carboxylic acid groups (broad SMARTS) is 1. The van der Waals surface area contributed by atoms with E-state index in [0.717, 1.165) is 28.6 Å². The molecule has 1 aliphatic rings. The van der Waals surface area contributed by atoms with Crippen molar-refractivity contribution < 1.29 is 49.8 Å². The van der Waals surface area contributed by atoms with Gasteiger partial charge in [-0.3, -0.25) is 9.78 Å². The highest BCUT2D eigenvalue weighted by Crippen LogP contribution is 2.32. The van der Waals surface area contributed by atoms with Crippen molar-refractivity contribution in [3.63, 3.8) is 0 Å². The third kappa shape index (κ3) is 7.62. The van der Waals surface area contributed by atoms with Gasteiger partial charge in [-0.2, -0.15) is 4.31 Å². The number of carbonyl (C=O) groups excluding carboxylic acids is 1. The minimum atomic E-state index is -4.99. The Morgan fingerprint density at radius 2 is 1.67 bits per heavy atom. The number of alkyl halides is 5. The zero-order valence-electron chi connectivity index (χ0n) is 25.1. The number of hydrogen-bond acceptors (Lipinski definition) is 8. The SMILES string of the molecule is CCC(F)(F)c1ccc(CNC(=O)C2CN(c3cnc4ccc(C(=O)O)cc4n3)CCN2S(=O)(=O)c2ccc(OC(F)(F)F)cc2)cc1. The molecule has 1 atom stereocenters. The molecule has 0 aliphatic carbocycles. The summed E-state index contributed by atoms with van der Waals surface area (Å²) in [5.74, 6) is -5.35. The lowest BCUT2D eigenvalue weighted by atomic mass is 10.0. The molecule has 3 aromatic carbocycles. The van der Waals surface area contributed by atoms with Crippen LogP contribution in [0.15, 0.2) is 77.8 Å². The third-order valence-electron chi connectivity index (χ3n) is 7.69. The van der Waals surface area contributed by atoms with Crippen molar-refractivity contribution in [1.82, 2.24) is 19.6 Å². The zero-order valence-corrected chi connectivity index (χ0v) is 25.9. The molecule has 0 spiro atoms. The highest BCUT2D eigenvalue weighted by atomic mass is 32.2. The molecule has 1 aliphatic heterocycles. The van der Waals surface area contributed by atoms with E-state index in [0.29, 0.717) is 11.1 Å². The fourth-order valence-electron chi connectivity index (χ4n) is 5.09. The molecule has 0 bridgehead atoms. The normalized spacial score (nSPS) is 16.1. The first-order chi connectivity index (χ1) is 22.6. The number of ether oxygens (including phenoxy) is 1. The minimum absolute atomic E-state index is 0.0180. The van der Waals surface area contributed by atoms with Gasteiger partial charge in [0, 0.05) is 38.2 Å². The van der Waals surface area contributed by atoms with Crippen LogP contribution in [0.25, 0.3) is 11.0 Å². The van der Waals surface area contributed by atoms with Gasteiger partial charge < -0.3 is 20.1 Å². The molecule has 5 rings (SSSR count). The van der Waals surface area contributed by atoms with E-state index in [-0.39, 0.29) is 53.5 Å². The second-order valence-electron chi connectivity index (χ2n) is 10.8. The number of sulfonamides is 1. The monoisotopic (exact) mass is 693 g/mol. The molecule has 1 unspecified atom stereocenters. The number of hydrogen-bond donors (Lipinski definition) is 2. The van der Waals surface area contributed by atoms with E-state index in [4.69, 9.17) is 0 Å². The second-order valence-corrected chi connectivity index (χ2v) is 12.7. The first-order valence-electron chi connectivity index (χ1n) is 14.4. The predicted octanol–water partition coefficient (Wildman–Crippen LogP) is 4.92. The number of carboxylic acids is 1. The molecule has 2 heterocycles. The molecule has 254 valence electrons. The van der Waals surface area contributed by atoms with Gasteiger partial charge in [0.1, 0.15) is 17.6 Å². The van der Waals surface area contributed by atoms with E-state index in [2.05, 4.69) is 20.0 Å². The molecule has 0 saturated carbocycles. The largest absolute Gasteiger partial charge is 0.573 e. The molecule has 4 aromatic rings.